The van der Waals surface area contributed by atoms with Gasteiger partial charge in [-0.1, -0.05) is 26.0 Å². The van der Waals surface area contributed by atoms with Crippen molar-refractivity contribution in [2.24, 2.45) is 5.73 Å². The van der Waals surface area contributed by atoms with E-state index in [-0.39, 0.29) is 12.5 Å². The zero-order valence-electron chi connectivity index (χ0n) is 12.5. The van der Waals surface area contributed by atoms with Crippen molar-refractivity contribution in [3.05, 3.63) is 41.5 Å². The molecule has 0 aliphatic carbocycles. The molecule has 21 heavy (non-hydrogen) atoms. The normalized spacial score (nSPS) is 10.6. The third-order valence-electron chi connectivity index (χ3n) is 3.16. The number of hydrogen-bond acceptors (Lipinski definition) is 4. The zero-order chi connectivity index (χ0) is 15.2. The summed E-state index contributed by atoms with van der Waals surface area (Å²) in [6, 6.07) is 7.52. The number of aryl methyl sites for hydroxylation is 2. The maximum absolute atomic E-state index is 12.1. The van der Waals surface area contributed by atoms with Crippen LogP contribution in [-0.4, -0.2) is 20.7 Å². The smallest absolute Gasteiger partial charge is 0.246 e. The van der Waals surface area contributed by atoms with Gasteiger partial charge in [0, 0.05) is 25.1 Å². The number of nitrogens with one attached hydrogen (secondary N) is 1. The van der Waals surface area contributed by atoms with Gasteiger partial charge in [0.25, 0.3) is 0 Å². The van der Waals surface area contributed by atoms with Gasteiger partial charge >= 0.3 is 0 Å². The van der Waals surface area contributed by atoms with E-state index in [1.54, 1.807) is 4.68 Å². The molecule has 6 nitrogen and oxygen atoms in total. The van der Waals surface area contributed by atoms with E-state index in [0.717, 1.165) is 35.7 Å². The van der Waals surface area contributed by atoms with Gasteiger partial charge in [-0.25, -0.2) is 9.67 Å². The third kappa shape index (κ3) is 3.88. The van der Waals surface area contributed by atoms with Crippen LogP contribution in [-0.2, 0) is 30.7 Å². The highest BCUT2D eigenvalue weighted by molar-refractivity contribution is 5.90. The molecule has 112 valence electrons. The lowest BCUT2D eigenvalue weighted by Gasteiger charge is -2.08. The molecule has 1 heterocycles. The Morgan fingerprint density at radius 3 is 2.81 bits per heavy atom. The molecule has 0 radical (unpaired) electrons. The van der Waals surface area contributed by atoms with Crippen molar-refractivity contribution in [1.29, 1.82) is 0 Å². The first-order chi connectivity index (χ1) is 10.2. The number of rotatable bonds is 6. The van der Waals surface area contributed by atoms with E-state index in [0.29, 0.717) is 6.54 Å². The Kier molecular flexibility index (Phi) is 5.05. The molecule has 1 aromatic heterocycles. The van der Waals surface area contributed by atoms with Crippen LogP contribution in [0.25, 0.3) is 0 Å². The summed E-state index contributed by atoms with van der Waals surface area (Å²) in [6.07, 6.45) is 1.52. The minimum absolute atomic E-state index is 0.119. The van der Waals surface area contributed by atoms with E-state index >= 15 is 0 Å². The predicted molar refractivity (Wildman–Crippen MR) is 81.7 cm³/mol. The fourth-order valence-electron chi connectivity index (χ4n) is 2.08. The van der Waals surface area contributed by atoms with Crippen molar-refractivity contribution in [3.8, 4) is 0 Å². The average molecular weight is 287 g/mol. The molecule has 0 saturated carbocycles. The Morgan fingerprint density at radius 1 is 1.33 bits per heavy atom. The summed E-state index contributed by atoms with van der Waals surface area (Å²) < 4.78 is 1.67. The van der Waals surface area contributed by atoms with Gasteiger partial charge in [0.1, 0.15) is 12.4 Å². The van der Waals surface area contributed by atoms with Crippen LogP contribution in [0.2, 0.25) is 0 Å². The SMILES string of the molecule is CCc1nc(CC)n(CC(=O)Nc2cccc(CN)c2)n1. The Balaban J connectivity index is 2.05. The minimum Gasteiger partial charge on any atom is -0.326 e. The molecule has 0 spiro atoms. The molecular weight excluding hydrogens is 266 g/mol. The van der Waals surface area contributed by atoms with E-state index in [4.69, 9.17) is 5.73 Å². The van der Waals surface area contributed by atoms with Crippen LogP contribution in [0.4, 0.5) is 5.69 Å². The topological polar surface area (TPSA) is 85.8 Å². The number of nitrogens with zero attached hydrogens (tertiary/aromatic N) is 3. The number of aromatic nitrogens is 3. The summed E-state index contributed by atoms with van der Waals surface area (Å²) in [5.41, 5.74) is 7.32. The van der Waals surface area contributed by atoms with Gasteiger partial charge < -0.3 is 11.1 Å². The maximum atomic E-state index is 12.1. The standard InChI is InChI=1S/C15H21N5O/c1-3-13-18-14(4-2)20(19-13)10-15(21)17-12-7-5-6-11(8-12)9-16/h5-8H,3-4,9-10,16H2,1-2H3,(H,17,21). The molecule has 0 fully saturated rings. The van der Waals surface area contributed by atoms with Gasteiger partial charge in [-0.05, 0) is 17.7 Å². The number of anilines is 1. The fraction of sp³-hybridized carbons (Fsp3) is 0.400. The number of carbonyl (C=O) groups excluding carboxylic acids is 1. The highest BCUT2D eigenvalue weighted by Crippen LogP contribution is 2.10. The van der Waals surface area contributed by atoms with Gasteiger partial charge in [-0.15, -0.1) is 0 Å². The molecule has 1 amide bonds. The van der Waals surface area contributed by atoms with Crippen LogP contribution >= 0.6 is 0 Å². The van der Waals surface area contributed by atoms with Gasteiger partial charge in [0.2, 0.25) is 5.91 Å². The van der Waals surface area contributed by atoms with E-state index in [2.05, 4.69) is 15.4 Å². The molecule has 2 rings (SSSR count). The van der Waals surface area contributed by atoms with E-state index < -0.39 is 0 Å². The van der Waals surface area contributed by atoms with Crippen molar-refractivity contribution in [2.45, 2.75) is 39.8 Å². The fourth-order valence-corrected chi connectivity index (χ4v) is 2.08. The van der Waals surface area contributed by atoms with Crippen LogP contribution in [0.3, 0.4) is 0 Å². The molecule has 0 bridgehead atoms. The summed E-state index contributed by atoms with van der Waals surface area (Å²) in [6.45, 7) is 4.62. The molecule has 0 aliphatic heterocycles. The lowest BCUT2D eigenvalue weighted by Crippen LogP contribution is -2.21. The van der Waals surface area contributed by atoms with Crippen LogP contribution in [0.5, 0.6) is 0 Å². The molecule has 0 saturated heterocycles. The van der Waals surface area contributed by atoms with Crippen LogP contribution < -0.4 is 11.1 Å². The maximum Gasteiger partial charge on any atom is 0.246 e. The van der Waals surface area contributed by atoms with Crippen molar-refractivity contribution >= 4 is 11.6 Å². The van der Waals surface area contributed by atoms with E-state index in [1.807, 2.05) is 38.1 Å². The number of benzene rings is 1. The molecule has 6 heteroatoms. The van der Waals surface area contributed by atoms with Crippen molar-refractivity contribution in [1.82, 2.24) is 14.8 Å². The lowest BCUT2D eigenvalue weighted by atomic mass is 10.2. The quantitative estimate of drug-likeness (QED) is 0.843. The third-order valence-corrected chi connectivity index (χ3v) is 3.16. The van der Waals surface area contributed by atoms with Gasteiger partial charge in [-0.3, -0.25) is 4.79 Å². The Bertz CT molecular complexity index is 620. The first-order valence-electron chi connectivity index (χ1n) is 7.17. The minimum atomic E-state index is -0.119. The molecule has 0 aliphatic rings. The second kappa shape index (κ2) is 6.99. The molecule has 2 aromatic rings. The lowest BCUT2D eigenvalue weighted by molar-refractivity contribution is -0.116. The highest BCUT2D eigenvalue weighted by atomic mass is 16.2. The Morgan fingerprint density at radius 2 is 2.14 bits per heavy atom. The summed E-state index contributed by atoms with van der Waals surface area (Å²) in [4.78, 5) is 16.5. The van der Waals surface area contributed by atoms with Gasteiger partial charge in [-0.2, -0.15) is 5.10 Å². The van der Waals surface area contributed by atoms with Crippen LogP contribution in [0, 0.1) is 0 Å². The van der Waals surface area contributed by atoms with Crippen molar-refractivity contribution in [3.63, 3.8) is 0 Å². The predicted octanol–water partition coefficient (Wildman–Crippen LogP) is 1.50. The average Bonchev–Trinajstić information content (AvgIpc) is 2.89. The molecule has 0 unspecified atom stereocenters. The first-order valence-corrected chi connectivity index (χ1v) is 7.17. The summed E-state index contributed by atoms with van der Waals surface area (Å²) in [5.74, 6) is 1.48. The molecule has 1 aromatic carbocycles. The monoisotopic (exact) mass is 287 g/mol. The number of carbonyl (C=O) groups is 1. The van der Waals surface area contributed by atoms with Crippen LogP contribution in [0.15, 0.2) is 24.3 Å². The molecule has 3 N–H and O–H groups in total. The number of hydrogen-bond donors (Lipinski definition) is 2. The first kappa shape index (κ1) is 15.2. The van der Waals surface area contributed by atoms with Gasteiger partial charge in [0.15, 0.2) is 5.82 Å². The largest absolute Gasteiger partial charge is 0.326 e. The van der Waals surface area contributed by atoms with Gasteiger partial charge in [0.05, 0.1) is 0 Å². The highest BCUT2D eigenvalue weighted by Gasteiger charge is 2.11. The second-order valence-electron chi connectivity index (χ2n) is 4.76. The second-order valence-corrected chi connectivity index (χ2v) is 4.76. The van der Waals surface area contributed by atoms with Crippen LogP contribution in [0.1, 0.15) is 31.1 Å². The van der Waals surface area contributed by atoms with Crippen molar-refractivity contribution < 1.29 is 4.79 Å². The number of amides is 1. The van der Waals surface area contributed by atoms with E-state index in [1.165, 1.54) is 0 Å². The van der Waals surface area contributed by atoms with E-state index in [9.17, 15) is 4.79 Å². The summed E-state index contributed by atoms with van der Waals surface area (Å²) in [7, 11) is 0. The number of nitrogens with two attached hydrogens (primary N) is 1. The zero-order valence-corrected chi connectivity index (χ0v) is 12.5. The Labute approximate surface area is 124 Å². The van der Waals surface area contributed by atoms with Crippen molar-refractivity contribution in [2.75, 3.05) is 5.32 Å². The Hall–Kier alpha value is -2.21. The summed E-state index contributed by atoms with van der Waals surface area (Å²) in [5, 5.41) is 7.20. The molecular formula is C15H21N5O. The summed E-state index contributed by atoms with van der Waals surface area (Å²) >= 11 is 0. The molecule has 0 atom stereocenters.